The molecule has 0 fully saturated rings. The van der Waals surface area contributed by atoms with Crippen LogP contribution in [0.4, 0.5) is 0 Å². The summed E-state index contributed by atoms with van der Waals surface area (Å²) in [6.07, 6.45) is -1.58. The number of amides is 1. The van der Waals surface area contributed by atoms with Crippen LogP contribution in [0.3, 0.4) is 0 Å². The summed E-state index contributed by atoms with van der Waals surface area (Å²) in [6, 6.07) is 5.82. The summed E-state index contributed by atoms with van der Waals surface area (Å²) < 4.78 is 30.1. The summed E-state index contributed by atoms with van der Waals surface area (Å²) in [4.78, 5) is 21.8. The van der Waals surface area contributed by atoms with Crippen LogP contribution in [-0.2, 0) is 25.3 Å². The third-order valence-corrected chi connectivity index (χ3v) is 3.88. The van der Waals surface area contributed by atoms with E-state index in [4.69, 9.17) is 10.8 Å². The van der Waals surface area contributed by atoms with Crippen molar-refractivity contribution in [3.63, 3.8) is 0 Å². The van der Waals surface area contributed by atoms with Crippen molar-refractivity contribution in [3.05, 3.63) is 35.4 Å². The number of rotatable bonds is 7. The first-order valence-electron chi connectivity index (χ1n) is 5.87. The number of esters is 1. The number of carbonyl (C=O) groups excluding carboxylic acids is 2. The Morgan fingerprint density at radius 1 is 1.33 bits per heavy atom. The molecule has 1 unspecified atom stereocenters. The van der Waals surface area contributed by atoms with Gasteiger partial charge in [-0.3, -0.25) is 4.79 Å². The first-order chi connectivity index (χ1) is 9.75. The Bertz CT molecular complexity index is 611. The SMILES string of the molecule is COC(=O)c1ccc(CS(=O)(=O)NCC(O)C(N)=O)cc1. The van der Waals surface area contributed by atoms with E-state index in [0.717, 1.165) is 0 Å². The van der Waals surface area contributed by atoms with Crippen LogP contribution in [0.5, 0.6) is 0 Å². The summed E-state index contributed by atoms with van der Waals surface area (Å²) in [5, 5.41) is 9.13. The molecule has 1 atom stereocenters. The lowest BCUT2D eigenvalue weighted by Gasteiger charge is -2.09. The van der Waals surface area contributed by atoms with Gasteiger partial charge in [-0.1, -0.05) is 12.1 Å². The fraction of sp³-hybridized carbons (Fsp3) is 0.333. The van der Waals surface area contributed by atoms with Crippen molar-refractivity contribution in [2.24, 2.45) is 5.73 Å². The number of hydrogen-bond acceptors (Lipinski definition) is 6. The normalized spacial score (nSPS) is 12.7. The van der Waals surface area contributed by atoms with Crippen molar-refractivity contribution in [1.82, 2.24) is 4.72 Å². The van der Waals surface area contributed by atoms with Crippen molar-refractivity contribution in [2.45, 2.75) is 11.9 Å². The van der Waals surface area contributed by atoms with Gasteiger partial charge in [0.2, 0.25) is 15.9 Å². The highest BCUT2D eigenvalue weighted by Crippen LogP contribution is 2.08. The van der Waals surface area contributed by atoms with Crippen LogP contribution in [0, 0.1) is 0 Å². The maximum Gasteiger partial charge on any atom is 0.337 e. The van der Waals surface area contributed by atoms with Gasteiger partial charge in [-0.2, -0.15) is 0 Å². The summed E-state index contributed by atoms with van der Waals surface area (Å²) >= 11 is 0. The van der Waals surface area contributed by atoms with Crippen molar-refractivity contribution in [1.29, 1.82) is 0 Å². The van der Waals surface area contributed by atoms with Crippen molar-refractivity contribution in [3.8, 4) is 0 Å². The number of nitrogens with one attached hydrogen (secondary N) is 1. The molecule has 0 aliphatic carbocycles. The molecule has 1 aromatic carbocycles. The number of aliphatic hydroxyl groups excluding tert-OH is 1. The molecule has 1 aromatic rings. The molecule has 21 heavy (non-hydrogen) atoms. The zero-order valence-corrected chi connectivity index (χ0v) is 12.1. The Morgan fingerprint density at radius 2 is 1.90 bits per heavy atom. The van der Waals surface area contributed by atoms with E-state index in [1.807, 2.05) is 0 Å². The molecule has 8 nitrogen and oxygen atoms in total. The third-order valence-electron chi connectivity index (χ3n) is 2.56. The van der Waals surface area contributed by atoms with Gasteiger partial charge >= 0.3 is 5.97 Å². The smallest absolute Gasteiger partial charge is 0.337 e. The number of sulfonamides is 1. The molecule has 0 bridgehead atoms. The first-order valence-corrected chi connectivity index (χ1v) is 7.52. The fourth-order valence-corrected chi connectivity index (χ4v) is 2.58. The van der Waals surface area contributed by atoms with Gasteiger partial charge in [-0.05, 0) is 17.7 Å². The Balaban J connectivity index is 2.67. The maximum atomic E-state index is 11.7. The quantitative estimate of drug-likeness (QED) is 0.537. The summed E-state index contributed by atoms with van der Waals surface area (Å²) in [6.45, 7) is -0.488. The van der Waals surface area contributed by atoms with Crippen LogP contribution in [-0.4, -0.2) is 45.2 Å². The molecule has 0 saturated heterocycles. The number of carbonyl (C=O) groups is 2. The standard InChI is InChI=1S/C12H16N2O6S/c1-20-12(17)9-4-2-8(3-5-9)7-21(18,19)14-6-10(15)11(13)16/h2-5,10,14-15H,6-7H2,1H3,(H2,13,16). The molecule has 0 aliphatic heterocycles. The fourth-order valence-electron chi connectivity index (χ4n) is 1.43. The van der Waals surface area contributed by atoms with Crippen LogP contribution in [0.2, 0.25) is 0 Å². The topological polar surface area (TPSA) is 136 Å². The van der Waals surface area contributed by atoms with Gasteiger partial charge in [0.1, 0.15) is 6.10 Å². The summed E-state index contributed by atoms with van der Waals surface area (Å²) in [7, 11) is -2.49. The lowest BCUT2D eigenvalue weighted by molar-refractivity contribution is -0.125. The van der Waals surface area contributed by atoms with Gasteiger partial charge in [-0.25, -0.2) is 17.9 Å². The van der Waals surface area contributed by atoms with Gasteiger partial charge in [0, 0.05) is 6.54 Å². The second kappa shape index (κ2) is 7.16. The summed E-state index contributed by atoms with van der Waals surface area (Å²) in [5.74, 6) is -1.90. The van der Waals surface area contributed by atoms with Crippen molar-refractivity contribution >= 4 is 21.9 Å². The highest BCUT2D eigenvalue weighted by Gasteiger charge is 2.17. The minimum Gasteiger partial charge on any atom is -0.465 e. The predicted molar refractivity (Wildman–Crippen MR) is 73.6 cm³/mol. The number of benzene rings is 1. The number of hydrogen-bond donors (Lipinski definition) is 3. The number of nitrogens with two attached hydrogens (primary N) is 1. The molecule has 1 rings (SSSR count). The first kappa shape index (κ1) is 17.1. The predicted octanol–water partition coefficient (Wildman–Crippen LogP) is -1.26. The van der Waals surface area contributed by atoms with E-state index in [9.17, 15) is 18.0 Å². The average Bonchev–Trinajstić information content (AvgIpc) is 2.44. The van der Waals surface area contributed by atoms with Crippen LogP contribution in [0.25, 0.3) is 0 Å². The van der Waals surface area contributed by atoms with Crippen LogP contribution >= 0.6 is 0 Å². The Hall–Kier alpha value is -1.97. The largest absolute Gasteiger partial charge is 0.465 e. The number of ether oxygens (including phenoxy) is 1. The lowest BCUT2D eigenvalue weighted by atomic mass is 10.1. The Kier molecular flexibility index (Phi) is 5.82. The molecule has 9 heteroatoms. The van der Waals surface area contributed by atoms with E-state index in [1.54, 1.807) is 0 Å². The molecule has 0 spiro atoms. The van der Waals surface area contributed by atoms with E-state index < -0.39 is 34.5 Å². The summed E-state index contributed by atoms with van der Waals surface area (Å²) in [5.41, 5.74) is 5.54. The molecule has 0 aromatic heterocycles. The van der Waals surface area contributed by atoms with E-state index in [0.29, 0.717) is 11.1 Å². The van der Waals surface area contributed by atoms with Gasteiger partial charge < -0.3 is 15.6 Å². The van der Waals surface area contributed by atoms with E-state index >= 15 is 0 Å². The lowest BCUT2D eigenvalue weighted by Crippen LogP contribution is -2.40. The molecular weight excluding hydrogens is 300 g/mol. The molecule has 0 aliphatic rings. The van der Waals surface area contributed by atoms with E-state index in [2.05, 4.69) is 9.46 Å². The highest BCUT2D eigenvalue weighted by molar-refractivity contribution is 7.88. The number of methoxy groups -OCH3 is 1. The maximum absolute atomic E-state index is 11.7. The van der Waals surface area contributed by atoms with Crippen LogP contribution < -0.4 is 10.5 Å². The minimum atomic E-state index is -3.74. The zero-order valence-electron chi connectivity index (χ0n) is 11.3. The van der Waals surface area contributed by atoms with Crippen LogP contribution in [0.15, 0.2) is 24.3 Å². The van der Waals surface area contributed by atoms with E-state index in [-0.39, 0.29) is 5.75 Å². The Labute approximate surface area is 122 Å². The third kappa shape index (κ3) is 5.50. The van der Waals surface area contributed by atoms with Gasteiger partial charge in [0.15, 0.2) is 0 Å². The molecule has 0 radical (unpaired) electrons. The van der Waals surface area contributed by atoms with Crippen molar-refractivity contribution in [2.75, 3.05) is 13.7 Å². The van der Waals surface area contributed by atoms with Crippen molar-refractivity contribution < 1.29 is 27.9 Å². The number of primary amides is 1. The molecule has 0 saturated carbocycles. The van der Waals surface area contributed by atoms with Gasteiger partial charge in [0.25, 0.3) is 0 Å². The highest BCUT2D eigenvalue weighted by atomic mass is 32.2. The zero-order chi connectivity index (χ0) is 16.0. The minimum absolute atomic E-state index is 0.302. The second-order valence-corrected chi connectivity index (χ2v) is 6.02. The molecular formula is C12H16N2O6S. The molecule has 0 heterocycles. The monoisotopic (exact) mass is 316 g/mol. The van der Waals surface area contributed by atoms with Gasteiger partial charge in [0.05, 0.1) is 18.4 Å². The number of aliphatic hydroxyl groups is 1. The molecule has 4 N–H and O–H groups in total. The van der Waals surface area contributed by atoms with Gasteiger partial charge in [-0.15, -0.1) is 0 Å². The van der Waals surface area contributed by atoms with Crippen LogP contribution in [0.1, 0.15) is 15.9 Å². The van der Waals surface area contributed by atoms with E-state index in [1.165, 1.54) is 31.4 Å². The Morgan fingerprint density at radius 3 is 2.38 bits per heavy atom. The molecule has 116 valence electrons. The second-order valence-electron chi connectivity index (χ2n) is 4.21. The average molecular weight is 316 g/mol. The molecule has 1 amide bonds.